The van der Waals surface area contributed by atoms with Crippen molar-refractivity contribution in [2.45, 2.75) is 0 Å². The van der Waals surface area contributed by atoms with Crippen molar-refractivity contribution < 1.29 is 4.92 Å². The molecule has 0 spiro atoms. The molecule has 1 rings (SSSR count). The number of H-pyrrole nitrogens is 1. The van der Waals surface area contributed by atoms with E-state index in [2.05, 4.69) is 20.9 Å². The predicted octanol–water partition coefficient (Wildman–Crippen LogP) is 1.62. The highest BCUT2D eigenvalue weighted by Crippen LogP contribution is 2.11. The molecule has 0 fully saturated rings. The minimum absolute atomic E-state index is 0. The first kappa shape index (κ1) is 11.3. The summed E-state index contributed by atoms with van der Waals surface area (Å²) < 4.78 is 0.476. The Balaban J connectivity index is 0.00000121. The third-order valence-electron chi connectivity index (χ3n) is 1.05. The van der Waals surface area contributed by atoms with Gasteiger partial charge in [0.2, 0.25) is 0 Å². The van der Waals surface area contributed by atoms with Crippen molar-refractivity contribution in [2.24, 2.45) is 0 Å². The molecule has 0 aliphatic carbocycles. The van der Waals surface area contributed by atoms with E-state index in [1.54, 1.807) is 0 Å². The van der Waals surface area contributed by atoms with Crippen molar-refractivity contribution in [2.75, 3.05) is 0 Å². The van der Waals surface area contributed by atoms with Crippen LogP contribution in [0.3, 0.4) is 0 Å². The van der Waals surface area contributed by atoms with Gasteiger partial charge in [0.1, 0.15) is 0 Å². The smallest absolute Gasteiger partial charge is 0.322 e. The molecule has 0 saturated heterocycles. The van der Waals surface area contributed by atoms with Crippen LogP contribution in [0, 0.1) is 10.1 Å². The number of rotatable bonds is 1. The quantitative estimate of drug-likeness (QED) is 0.632. The monoisotopic (exact) mass is 298 g/mol. The summed E-state index contributed by atoms with van der Waals surface area (Å²) >= 11 is 2.99. The topological polar surface area (TPSA) is 76.0 Å². The van der Waals surface area contributed by atoms with Crippen LogP contribution in [0.2, 0.25) is 0 Å². The summed E-state index contributed by atoms with van der Waals surface area (Å²) in [5, 5.41) is 10.1. The molecule has 1 heterocycles. The van der Waals surface area contributed by atoms with Gasteiger partial charge >= 0.3 is 11.2 Å². The Morgan fingerprint density at radius 3 is 2.58 bits per heavy atom. The van der Waals surface area contributed by atoms with Gasteiger partial charge in [-0.05, 0) is 15.9 Å². The number of aromatic nitrogens is 1. The highest BCUT2D eigenvalue weighted by atomic mass is 79.9. The van der Waals surface area contributed by atoms with Gasteiger partial charge in [-0.25, -0.2) is 0 Å². The molecule has 0 aliphatic rings. The second kappa shape index (κ2) is 4.36. The molecular formula is C5H4Br2N2O3. The van der Waals surface area contributed by atoms with E-state index in [4.69, 9.17) is 0 Å². The fraction of sp³-hybridized carbons (Fsp3) is 0. The third-order valence-corrected chi connectivity index (χ3v) is 1.50. The Labute approximate surface area is 85.8 Å². The molecule has 0 radical (unpaired) electrons. The Hall–Kier alpha value is -0.690. The van der Waals surface area contributed by atoms with Crippen LogP contribution in [0.15, 0.2) is 21.5 Å². The van der Waals surface area contributed by atoms with E-state index >= 15 is 0 Å². The first-order valence-electron chi connectivity index (χ1n) is 2.64. The molecule has 1 aromatic rings. The molecule has 1 aromatic heterocycles. The van der Waals surface area contributed by atoms with E-state index in [9.17, 15) is 14.9 Å². The van der Waals surface area contributed by atoms with Gasteiger partial charge < -0.3 is 4.98 Å². The summed E-state index contributed by atoms with van der Waals surface area (Å²) in [6.07, 6.45) is 1.34. The number of hydrogen-bond acceptors (Lipinski definition) is 3. The molecule has 0 saturated carbocycles. The fourth-order valence-electron chi connectivity index (χ4n) is 0.582. The van der Waals surface area contributed by atoms with E-state index < -0.39 is 16.2 Å². The standard InChI is InChI=1S/C5H3BrN2O3.BrH/c6-3-1-4(8(10)11)5(9)7-2-3;/h1-2H,(H,7,9);1H. The van der Waals surface area contributed by atoms with E-state index in [0.717, 1.165) is 6.07 Å². The predicted molar refractivity (Wildman–Crippen MR) is 51.7 cm³/mol. The average Bonchev–Trinajstić information content (AvgIpc) is 1.94. The second-order valence-corrected chi connectivity index (χ2v) is 2.71. The lowest BCUT2D eigenvalue weighted by atomic mass is 10.4. The zero-order valence-electron chi connectivity index (χ0n) is 5.61. The summed E-state index contributed by atoms with van der Waals surface area (Å²) in [6.45, 7) is 0. The van der Waals surface area contributed by atoms with Gasteiger partial charge in [0.05, 0.1) is 4.92 Å². The van der Waals surface area contributed by atoms with Crippen molar-refractivity contribution in [1.82, 2.24) is 4.98 Å². The molecule has 12 heavy (non-hydrogen) atoms. The number of halogens is 2. The van der Waals surface area contributed by atoms with Gasteiger partial charge in [-0.2, -0.15) is 0 Å². The lowest BCUT2D eigenvalue weighted by Gasteiger charge is -1.89. The number of nitrogens with one attached hydrogen (secondary N) is 1. The molecule has 5 nitrogen and oxygen atoms in total. The number of hydrogen-bond donors (Lipinski definition) is 1. The first-order valence-corrected chi connectivity index (χ1v) is 3.43. The SMILES string of the molecule is Br.O=c1[nH]cc(Br)cc1[N+](=O)[O-]. The minimum atomic E-state index is -0.733. The molecule has 0 unspecified atom stereocenters. The molecule has 7 heteroatoms. The van der Waals surface area contributed by atoms with Crippen molar-refractivity contribution in [3.05, 3.63) is 37.2 Å². The van der Waals surface area contributed by atoms with Crippen LogP contribution >= 0.6 is 32.9 Å². The highest BCUT2D eigenvalue weighted by molar-refractivity contribution is 9.10. The third kappa shape index (κ3) is 2.42. The van der Waals surface area contributed by atoms with Crippen LogP contribution in [0.1, 0.15) is 0 Å². The van der Waals surface area contributed by atoms with Gasteiger partial charge in [-0.15, -0.1) is 17.0 Å². The zero-order chi connectivity index (χ0) is 8.43. The number of pyridine rings is 1. The molecule has 0 aliphatic heterocycles. The van der Waals surface area contributed by atoms with Crippen LogP contribution in [0.5, 0.6) is 0 Å². The van der Waals surface area contributed by atoms with E-state index in [1.807, 2.05) is 0 Å². The van der Waals surface area contributed by atoms with Crippen LogP contribution in [-0.2, 0) is 0 Å². The van der Waals surface area contributed by atoms with Crippen molar-refractivity contribution >= 4 is 38.6 Å². The molecule has 0 aromatic carbocycles. The largest absolute Gasteiger partial charge is 0.334 e. The Morgan fingerprint density at radius 1 is 1.58 bits per heavy atom. The summed E-state index contributed by atoms with van der Waals surface area (Å²) in [5.41, 5.74) is -1.16. The molecule has 0 bridgehead atoms. The molecule has 0 amide bonds. The maximum atomic E-state index is 10.7. The lowest BCUT2D eigenvalue weighted by Crippen LogP contribution is -2.09. The Morgan fingerprint density at radius 2 is 2.17 bits per heavy atom. The van der Waals surface area contributed by atoms with Crippen LogP contribution < -0.4 is 5.56 Å². The second-order valence-electron chi connectivity index (χ2n) is 1.79. The normalized spacial score (nSPS) is 8.75. The van der Waals surface area contributed by atoms with Gasteiger partial charge in [-0.3, -0.25) is 14.9 Å². The molecule has 1 N–H and O–H groups in total. The summed E-state index contributed by atoms with van der Waals surface area (Å²) in [7, 11) is 0. The highest BCUT2D eigenvalue weighted by Gasteiger charge is 2.10. The van der Waals surface area contributed by atoms with Crippen LogP contribution in [0.25, 0.3) is 0 Å². The zero-order valence-corrected chi connectivity index (χ0v) is 8.91. The Bertz CT molecular complexity index is 349. The number of aromatic amines is 1. The van der Waals surface area contributed by atoms with Gasteiger partial charge in [0, 0.05) is 16.7 Å². The number of nitro groups is 1. The van der Waals surface area contributed by atoms with E-state index in [0.29, 0.717) is 4.47 Å². The van der Waals surface area contributed by atoms with Gasteiger partial charge in [0.25, 0.3) is 0 Å². The van der Waals surface area contributed by atoms with E-state index in [1.165, 1.54) is 6.20 Å². The van der Waals surface area contributed by atoms with Crippen molar-refractivity contribution in [3.63, 3.8) is 0 Å². The number of nitrogens with zero attached hydrogens (tertiary/aromatic N) is 1. The Kier molecular flexibility index (Phi) is 4.11. The van der Waals surface area contributed by atoms with Gasteiger partial charge in [-0.1, -0.05) is 0 Å². The molecule has 66 valence electrons. The molecule has 0 atom stereocenters. The summed E-state index contributed by atoms with van der Waals surface area (Å²) in [4.78, 5) is 22.3. The van der Waals surface area contributed by atoms with Crippen molar-refractivity contribution in [1.29, 1.82) is 0 Å². The van der Waals surface area contributed by atoms with Crippen molar-refractivity contribution in [3.8, 4) is 0 Å². The summed E-state index contributed by atoms with van der Waals surface area (Å²) in [5.74, 6) is 0. The maximum absolute atomic E-state index is 10.7. The summed E-state index contributed by atoms with van der Waals surface area (Å²) in [6, 6.07) is 1.15. The maximum Gasteiger partial charge on any atom is 0.334 e. The van der Waals surface area contributed by atoms with Crippen LogP contribution in [0.4, 0.5) is 5.69 Å². The van der Waals surface area contributed by atoms with Gasteiger partial charge in [0.15, 0.2) is 0 Å². The van der Waals surface area contributed by atoms with E-state index in [-0.39, 0.29) is 17.0 Å². The minimum Gasteiger partial charge on any atom is -0.322 e. The fourth-order valence-corrected chi connectivity index (χ4v) is 0.913. The average molecular weight is 300 g/mol. The van der Waals surface area contributed by atoms with Crippen LogP contribution in [-0.4, -0.2) is 9.91 Å². The lowest BCUT2D eigenvalue weighted by molar-refractivity contribution is -0.386. The first-order chi connectivity index (χ1) is 5.11. The molecular weight excluding hydrogens is 296 g/mol.